The van der Waals surface area contributed by atoms with Gasteiger partial charge >= 0.3 is 6.03 Å². The van der Waals surface area contributed by atoms with Crippen molar-refractivity contribution in [1.29, 1.82) is 0 Å². The van der Waals surface area contributed by atoms with Crippen molar-refractivity contribution < 1.29 is 9.53 Å². The predicted octanol–water partition coefficient (Wildman–Crippen LogP) is 1.76. The third-order valence-corrected chi connectivity index (χ3v) is 3.54. The highest BCUT2D eigenvalue weighted by Crippen LogP contribution is 2.19. The highest BCUT2D eigenvalue weighted by molar-refractivity contribution is 6.00. The molecule has 0 aliphatic rings. The second-order valence-corrected chi connectivity index (χ2v) is 5.37. The summed E-state index contributed by atoms with van der Waals surface area (Å²) in [5.74, 6) is 0. The van der Waals surface area contributed by atoms with Crippen LogP contribution < -0.4 is 10.6 Å². The van der Waals surface area contributed by atoms with Crippen LogP contribution in [0.15, 0.2) is 24.7 Å². The van der Waals surface area contributed by atoms with E-state index in [2.05, 4.69) is 25.8 Å². The standard InChI is InChI=1S/C15H19N7O2/c1-10-13-6-11(7-16-14(13)21(2)20-10)18-15(23)19-12-8-17-22(9-12)4-5-24-3/h6-9H,4-5H2,1-3H3,(H2,18,19,23). The van der Waals surface area contributed by atoms with Crippen LogP contribution in [-0.4, -0.2) is 44.3 Å². The topological polar surface area (TPSA) is 98.9 Å². The highest BCUT2D eigenvalue weighted by atomic mass is 16.5. The Kier molecular flexibility index (Phi) is 4.43. The molecule has 9 nitrogen and oxygen atoms in total. The smallest absolute Gasteiger partial charge is 0.323 e. The minimum atomic E-state index is -0.357. The van der Waals surface area contributed by atoms with Crippen LogP contribution in [0, 0.1) is 6.92 Å². The van der Waals surface area contributed by atoms with Crippen molar-refractivity contribution in [3.8, 4) is 0 Å². The van der Waals surface area contributed by atoms with E-state index in [9.17, 15) is 4.79 Å². The number of anilines is 2. The van der Waals surface area contributed by atoms with Gasteiger partial charge in [-0.1, -0.05) is 0 Å². The molecule has 2 N–H and O–H groups in total. The zero-order chi connectivity index (χ0) is 17.1. The molecule has 3 heterocycles. The third-order valence-electron chi connectivity index (χ3n) is 3.54. The number of fused-ring (bicyclic) bond motifs is 1. The maximum Gasteiger partial charge on any atom is 0.323 e. The van der Waals surface area contributed by atoms with Gasteiger partial charge in [-0.3, -0.25) is 9.36 Å². The van der Waals surface area contributed by atoms with Gasteiger partial charge in [0.1, 0.15) is 0 Å². The molecule has 0 saturated carbocycles. The van der Waals surface area contributed by atoms with Gasteiger partial charge in [0.15, 0.2) is 5.65 Å². The van der Waals surface area contributed by atoms with Crippen LogP contribution in [0.1, 0.15) is 5.69 Å². The molecule has 0 saturated heterocycles. The number of carbonyl (C=O) groups is 1. The van der Waals surface area contributed by atoms with Gasteiger partial charge in [-0.2, -0.15) is 10.2 Å². The van der Waals surface area contributed by atoms with E-state index in [0.29, 0.717) is 24.5 Å². The molecule has 0 aliphatic carbocycles. The maximum absolute atomic E-state index is 12.1. The molecule has 0 fully saturated rings. The Hall–Kier alpha value is -2.94. The fraction of sp³-hybridized carbons (Fsp3) is 0.333. The fourth-order valence-corrected chi connectivity index (χ4v) is 2.40. The molecule has 0 aromatic carbocycles. The molecule has 0 atom stereocenters. The van der Waals surface area contributed by atoms with Crippen molar-refractivity contribution in [3.63, 3.8) is 0 Å². The second kappa shape index (κ2) is 6.67. The number of aryl methyl sites for hydroxylation is 2. The van der Waals surface area contributed by atoms with Crippen molar-refractivity contribution >= 4 is 28.4 Å². The fourth-order valence-electron chi connectivity index (χ4n) is 2.40. The van der Waals surface area contributed by atoms with Gasteiger partial charge in [0.05, 0.1) is 42.6 Å². The summed E-state index contributed by atoms with van der Waals surface area (Å²) < 4.78 is 8.40. The van der Waals surface area contributed by atoms with Gasteiger partial charge in [-0.15, -0.1) is 0 Å². The minimum absolute atomic E-state index is 0.357. The molecule has 3 aromatic rings. The largest absolute Gasteiger partial charge is 0.383 e. The van der Waals surface area contributed by atoms with E-state index in [1.54, 1.807) is 35.1 Å². The predicted molar refractivity (Wildman–Crippen MR) is 90.0 cm³/mol. The number of hydrogen-bond acceptors (Lipinski definition) is 5. The number of hydrogen-bond donors (Lipinski definition) is 2. The highest BCUT2D eigenvalue weighted by Gasteiger charge is 2.09. The summed E-state index contributed by atoms with van der Waals surface area (Å²) in [6.45, 7) is 3.09. The normalized spacial score (nSPS) is 11.0. The lowest BCUT2D eigenvalue weighted by Gasteiger charge is -2.06. The lowest BCUT2D eigenvalue weighted by atomic mass is 10.2. The number of nitrogens with zero attached hydrogens (tertiary/aromatic N) is 5. The van der Waals surface area contributed by atoms with Crippen molar-refractivity contribution in [2.24, 2.45) is 7.05 Å². The summed E-state index contributed by atoms with van der Waals surface area (Å²) in [5.41, 5.74) is 2.85. The van der Waals surface area contributed by atoms with Crippen molar-refractivity contribution in [2.75, 3.05) is 24.4 Å². The maximum atomic E-state index is 12.1. The van der Waals surface area contributed by atoms with E-state index in [0.717, 1.165) is 16.7 Å². The van der Waals surface area contributed by atoms with E-state index in [1.807, 2.05) is 20.0 Å². The number of amides is 2. The number of methoxy groups -OCH3 is 1. The average molecular weight is 329 g/mol. The van der Waals surface area contributed by atoms with Crippen molar-refractivity contribution in [3.05, 3.63) is 30.4 Å². The first-order valence-electron chi connectivity index (χ1n) is 7.45. The zero-order valence-electron chi connectivity index (χ0n) is 13.8. The van der Waals surface area contributed by atoms with Gasteiger partial charge in [0, 0.05) is 25.7 Å². The Bertz CT molecular complexity index is 868. The Morgan fingerprint density at radius 1 is 1.29 bits per heavy atom. The van der Waals surface area contributed by atoms with E-state index < -0.39 is 0 Å². The lowest BCUT2D eigenvalue weighted by molar-refractivity contribution is 0.183. The molecule has 24 heavy (non-hydrogen) atoms. The van der Waals surface area contributed by atoms with Gasteiger partial charge in [0.2, 0.25) is 0 Å². The molecule has 0 aliphatic heterocycles. The van der Waals surface area contributed by atoms with Crippen LogP contribution in [0.4, 0.5) is 16.2 Å². The van der Waals surface area contributed by atoms with Crippen LogP contribution in [-0.2, 0) is 18.3 Å². The van der Waals surface area contributed by atoms with Crippen LogP contribution in [0.25, 0.3) is 11.0 Å². The zero-order valence-corrected chi connectivity index (χ0v) is 13.8. The third kappa shape index (κ3) is 3.35. The van der Waals surface area contributed by atoms with Gasteiger partial charge in [-0.05, 0) is 13.0 Å². The molecule has 3 aromatic heterocycles. The molecule has 0 radical (unpaired) electrons. The molecule has 9 heteroatoms. The Balaban J connectivity index is 1.66. The number of aromatic nitrogens is 5. The molecule has 0 spiro atoms. The van der Waals surface area contributed by atoms with E-state index >= 15 is 0 Å². The molecule has 2 amide bonds. The van der Waals surface area contributed by atoms with E-state index in [4.69, 9.17) is 4.74 Å². The molecule has 126 valence electrons. The number of carbonyl (C=O) groups excluding carboxylic acids is 1. The molecule has 0 unspecified atom stereocenters. The number of urea groups is 1. The SMILES string of the molecule is COCCn1cc(NC(=O)Nc2cnc3c(c2)c(C)nn3C)cn1. The average Bonchev–Trinajstić information content (AvgIpc) is 3.10. The summed E-state index contributed by atoms with van der Waals surface area (Å²) in [7, 11) is 3.47. The Morgan fingerprint density at radius 2 is 2.08 bits per heavy atom. The number of pyridine rings is 1. The van der Waals surface area contributed by atoms with Crippen molar-refractivity contribution in [2.45, 2.75) is 13.5 Å². The number of ether oxygens (including phenoxy) is 1. The Morgan fingerprint density at radius 3 is 2.88 bits per heavy atom. The lowest BCUT2D eigenvalue weighted by Crippen LogP contribution is -2.19. The van der Waals surface area contributed by atoms with Crippen LogP contribution >= 0.6 is 0 Å². The van der Waals surface area contributed by atoms with Gasteiger partial charge < -0.3 is 15.4 Å². The first kappa shape index (κ1) is 15.9. The summed E-state index contributed by atoms with van der Waals surface area (Å²) >= 11 is 0. The molecular formula is C15H19N7O2. The monoisotopic (exact) mass is 329 g/mol. The van der Waals surface area contributed by atoms with E-state index in [-0.39, 0.29) is 6.03 Å². The first-order chi connectivity index (χ1) is 11.6. The second-order valence-electron chi connectivity index (χ2n) is 5.37. The molecular weight excluding hydrogens is 310 g/mol. The summed E-state index contributed by atoms with van der Waals surface area (Å²) in [6, 6.07) is 1.50. The van der Waals surface area contributed by atoms with E-state index in [1.165, 1.54) is 0 Å². The van der Waals surface area contributed by atoms with Crippen LogP contribution in [0.2, 0.25) is 0 Å². The first-order valence-corrected chi connectivity index (χ1v) is 7.45. The van der Waals surface area contributed by atoms with Crippen LogP contribution in [0.5, 0.6) is 0 Å². The van der Waals surface area contributed by atoms with Crippen LogP contribution in [0.3, 0.4) is 0 Å². The quantitative estimate of drug-likeness (QED) is 0.743. The van der Waals surface area contributed by atoms with Crippen molar-refractivity contribution in [1.82, 2.24) is 24.5 Å². The summed E-state index contributed by atoms with van der Waals surface area (Å²) in [4.78, 5) is 16.4. The minimum Gasteiger partial charge on any atom is -0.383 e. The van der Waals surface area contributed by atoms with Gasteiger partial charge in [0.25, 0.3) is 0 Å². The number of rotatable bonds is 5. The molecule has 0 bridgehead atoms. The number of nitrogens with one attached hydrogen (secondary N) is 2. The summed E-state index contributed by atoms with van der Waals surface area (Å²) in [5, 5.41) is 14.8. The summed E-state index contributed by atoms with van der Waals surface area (Å²) in [6.07, 6.45) is 4.93. The Labute approximate surface area is 138 Å². The molecule has 3 rings (SSSR count). The van der Waals surface area contributed by atoms with Gasteiger partial charge in [-0.25, -0.2) is 9.78 Å².